The van der Waals surface area contributed by atoms with Crippen LogP contribution >= 0.6 is 11.8 Å². The van der Waals surface area contributed by atoms with Crippen LogP contribution in [0.25, 0.3) is 0 Å². The zero-order valence-corrected chi connectivity index (χ0v) is 14.3. The summed E-state index contributed by atoms with van der Waals surface area (Å²) < 4.78 is 0. The third kappa shape index (κ3) is 5.54. The Labute approximate surface area is 137 Å². The van der Waals surface area contributed by atoms with Crippen LogP contribution in [0.2, 0.25) is 0 Å². The van der Waals surface area contributed by atoms with E-state index in [-0.39, 0.29) is 0 Å². The van der Waals surface area contributed by atoms with Gasteiger partial charge < -0.3 is 15.7 Å². The number of aliphatic hydroxyl groups excluding tert-OH is 1. The lowest BCUT2D eigenvalue weighted by Crippen LogP contribution is -2.40. The van der Waals surface area contributed by atoms with Crippen molar-refractivity contribution in [3.05, 3.63) is 35.4 Å². The third-order valence-electron chi connectivity index (χ3n) is 3.71. The second kappa shape index (κ2) is 9.06. The van der Waals surface area contributed by atoms with Crippen molar-refractivity contribution in [2.24, 2.45) is 4.99 Å². The van der Waals surface area contributed by atoms with Crippen molar-refractivity contribution in [1.82, 2.24) is 10.6 Å². The largest absolute Gasteiger partial charge is 0.386 e. The normalized spacial score (nSPS) is 20.0. The number of rotatable bonds is 6. The molecule has 1 aliphatic rings. The van der Waals surface area contributed by atoms with Gasteiger partial charge in [-0.2, -0.15) is 11.8 Å². The van der Waals surface area contributed by atoms with Crippen LogP contribution in [0.4, 0.5) is 0 Å². The first-order chi connectivity index (χ1) is 10.7. The fraction of sp³-hybridized carbons (Fsp3) is 0.588. The summed E-state index contributed by atoms with van der Waals surface area (Å²) in [6.45, 7) is 6.22. The molecule has 0 spiro atoms. The van der Waals surface area contributed by atoms with Gasteiger partial charge in [0.2, 0.25) is 0 Å². The molecule has 1 aliphatic heterocycles. The highest BCUT2D eigenvalue weighted by atomic mass is 32.2. The first-order valence-corrected chi connectivity index (χ1v) is 9.12. The quantitative estimate of drug-likeness (QED) is 0.556. The molecule has 0 bridgehead atoms. The Balaban J connectivity index is 1.87. The molecule has 1 aromatic carbocycles. The maximum absolute atomic E-state index is 10.3. The van der Waals surface area contributed by atoms with E-state index >= 15 is 0 Å². The van der Waals surface area contributed by atoms with Crippen LogP contribution in [0, 0.1) is 6.92 Å². The highest BCUT2D eigenvalue weighted by molar-refractivity contribution is 8.00. The van der Waals surface area contributed by atoms with Gasteiger partial charge in [0, 0.05) is 18.3 Å². The number of hydrogen-bond donors (Lipinski definition) is 3. The molecule has 1 fully saturated rings. The van der Waals surface area contributed by atoms with Crippen molar-refractivity contribution in [3.63, 3.8) is 0 Å². The molecule has 0 saturated carbocycles. The number of aryl methyl sites for hydroxylation is 1. The molecule has 3 N–H and O–H groups in total. The molecule has 1 aromatic rings. The van der Waals surface area contributed by atoms with Crippen molar-refractivity contribution in [1.29, 1.82) is 0 Å². The molecule has 5 heteroatoms. The van der Waals surface area contributed by atoms with Crippen molar-refractivity contribution in [2.75, 3.05) is 25.4 Å². The van der Waals surface area contributed by atoms with Crippen molar-refractivity contribution in [2.45, 2.75) is 38.0 Å². The summed E-state index contributed by atoms with van der Waals surface area (Å²) >= 11 is 2.03. The maximum Gasteiger partial charge on any atom is 0.191 e. The molecule has 1 saturated heterocycles. The fourth-order valence-electron chi connectivity index (χ4n) is 2.52. The number of nitrogens with zero attached hydrogens (tertiary/aromatic N) is 1. The summed E-state index contributed by atoms with van der Waals surface area (Å²) in [5, 5.41) is 17.6. The summed E-state index contributed by atoms with van der Waals surface area (Å²) in [5.74, 6) is 2.06. The molecule has 0 amide bonds. The summed E-state index contributed by atoms with van der Waals surface area (Å²) in [7, 11) is 0. The minimum atomic E-state index is -0.559. The number of hydrogen-bond acceptors (Lipinski definition) is 3. The maximum atomic E-state index is 10.3. The first kappa shape index (κ1) is 17.2. The van der Waals surface area contributed by atoms with Crippen LogP contribution in [-0.2, 0) is 0 Å². The Morgan fingerprint density at radius 1 is 1.45 bits per heavy atom. The summed E-state index contributed by atoms with van der Waals surface area (Å²) in [6.07, 6.45) is 2.04. The monoisotopic (exact) mass is 321 g/mol. The molecule has 2 rings (SSSR count). The van der Waals surface area contributed by atoms with Gasteiger partial charge in [-0.3, -0.25) is 4.99 Å². The number of aliphatic imine (C=N–C) groups is 1. The minimum Gasteiger partial charge on any atom is -0.386 e. The van der Waals surface area contributed by atoms with Crippen LogP contribution in [0.1, 0.15) is 37.0 Å². The second-order valence-electron chi connectivity index (χ2n) is 5.67. The lowest BCUT2D eigenvalue weighted by atomic mass is 10.1. The highest BCUT2D eigenvalue weighted by Crippen LogP contribution is 2.25. The van der Waals surface area contributed by atoms with Gasteiger partial charge in [-0.1, -0.05) is 29.8 Å². The van der Waals surface area contributed by atoms with E-state index in [0.717, 1.165) is 30.2 Å². The van der Waals surface area contributed by atoms with Gasteiger partial charge in [0.15, 0.2) is 5.96 Å². The average Bonchev–Trinajstić information content (AvgIpc) is 3.03. The number of thioether (sulfide) groups is 1. The standard InChI is InChI=1S/C17H27N3OS/c1-3-18-17(19-11-15-8-5-9-22-15)20-12-16(21)14-7-4-6-13(2)10-14/h4,6-7,10,15-16,21H,3,5,8-9,11-12H2,1-2H3,(H2,18,19,20). The Kier molecular flexibility index (Phi) is 7.06. The summed E-state index contributed by atoms with van der Waals surface area (Å²) in [5.41, 5.74) is 2.08. The Morgan fingerprint density at radius 3 is 3.00 bits per heavy atom. The molecular formula is C17H27N3OS. The first-order valence-electron chi connectivity index (χ1n) is 8.07. The van der Waals surface area contributed by atoms with Gasteiger partial charge in [-0.05, 0) is 38.0 Å². The molecule has 0 aromatic heterocycles. The lowest BCUT2D eigenvalue weighted by molar-refractivity contribution is 0.187. The van der Waals surface area contributed by atoms with Crippen molar-refractivity contribution >= 4 is 17.7 Å². The molecule has 22 heavy (non-hydrogen) atoms. The van der Waals surface area contributed by atoms with E-state index in [4.69, 9.17) is 0 Å². The van der Waals surface area contributed by atoms with Gasteiger partial charge in [0.05, 0.1) is 12.6 Å². The SMILES string of the molecule is CCNC(=NCC(O)c1cccc(C)c1)NCC1CCCS1. The third-order valence-corrected chi connectivity index (χ3v) is 5.11. The smallest absolute Gasteiger partial charge is 0.191 e. The second-order valence-corrected chi connectivity index (χ2v) is 7.07. The molecule has 122 valence electrons. The van der Waals surface area contributed by atoms with E-state index in [1.807, 2.05) is 43.0 Å². The molecule has 4 nitrogen and oxygen atoms in total. The molecule has 2 unspecified atom stereocenters. The van der Waals surface area contributed by atoms with E-state index < -0.39 is 6.10 Å². The van der Waals surface area contributed by atoms with Crippen molar-refractivity contribution in [3.8, 4) is 0 Å². The minimum absolute atomic E-state index is 0.372. The highest BCUT2D eigenvalue weighted by Gasteiger charge is 2.15. The molecule has 0 aliphatic carbocycles. The van der Waals surface area contributed by atoms with Crippen LogP contribution in [0.5, 0.6) is 0 Å². The van der Waals surface area contributed by atoms with E-state index in [1.54, 1.807) is 0 Å². The van der Waals surface area contributed by atoms with Crippen LogP contribution < -0.4 is 10.6 Å². The van der Waals surface area contributed by atoms with Gasteiger partial charge in [0.25, 0.3) is 0 Å². The van der Waals surface area contributed by atoms with E-state index in [1.165, 1.54) is 18.6 Å². The Hall–Kier alpha value is -1.20. The van der Waals surface area contributed by atoms with Crippen LogP contribution in [0.15, 0.2) is 29.3 Å². The zero-order valence-electron chi connectivity index (χ0n) is 13.5. The number of nitrogens with one attached hydrogen (secondary N) is 2. The fourth-order valence-corrected chi connectivity index (χ4v) is 3.72. The summed E-state index contributed by atoms with van der Waals surface area (Å²) in [6, 6.07) is 7.96. The molecule has 0 radical (unpaired) electrons. The Morgan fingerprint density at radius 2 is 2.32 bits per heavy atom. The average molecular weight is 321 g/mol. The number of benzene rings is 1. The van der Waals surface area contributed by atoms with Gasteiger partial charge in [-0.25, -0.2) is 0 Å². The van der Waals surface area contributed by atoms with E-state index in [9.17, 15) is 5.11 Å². The van der Waals surface area contributed by atoms with Crippen LogP contribution in [-0.4, -0.2) is 41.7 Å². The van der Waals surface area contributed by atoms with Crippen LogP contribution in [0.3, 0.4) is 0 Å². The molecular weight excluding hydrogens is 294 g/mol. The lowest BCUT2D eigenvalue weighted by Gasteiger charge is -2.15. The van der Waals surface area contributed by atoms with Crippen molar-refractivity contribution < 1.29 is 5.11 Å². The summed E-state index contributed by atoms with van der Waals surface area (Å²) in [4.78, 5) is 4.52. The van der Waals surface area contributed by atoms with Gasteiger partial charge >= 0.3 is 0 Å². The molecule has 1 heterocycles. The number of guanidine groups is 1. The number of aliphatic hydroxyl groups is 1. The van der Waals surface area contributed by atoms with Gasteiger partial charge in [-0.15, -0.1) is 0 Å². The predicted octanol–water partition coefficient (Wildman–Crippen LogP) is 2.48. The van der Waals surface area contributed by atoms with Gasteiger partial charge in [0.1, 0.15) is 0 Å². The van der Waals surface area contributed by atoms with E-state index in [2.05, 4.69) is 22.5 Å². The topological polar surface area (TPSA) is 56.7 Å². The zero-order chi connectivity index (χ0) is 15.8. The molecule has 2 atom stereocenters. The van der Waals surface area contributed by atoms with E-state index in [0.29, 0.717) is 11.8 Å². The predicted molar refractivity (Wildman–Crippen MR) is 95.6 cm³/mol. The Bertz CT molecular complexity index is 487.